The lowest BCUT2D eigenvalue weighted by atomic mass is 9.49. The van der Waals surface area contributed by atoms with Crippen LogP contribution < -0.4 is 0 Å². The summed E-state index contributed by atoms with van der Waals surface area (Å²) in [6, 6.07) is 4.22. The van der Waals surface area contributed by atoms with Crippen LogP contribution in [0.3, 0.4) is 0 Å². The Morgan fingerprint density at radius 3 is 2.74 bits per heavy atom. The number of rotatable bonds is 3. The molecule has 0 saturated heterocycles. The topological polar surface area (TPSA) is 12.4 Å². The summed E-state index contributed by atoms with van der Waals surface area (Å²) in [4.78, 5) is 6.16. The molecule has 1 nitrogen and oxygen atoms in total. The number of nitrogens with zero attached hydrogens (tertiary/aromatic N) is 1. The minimum absolute atomic E-state index is 0.128. The van der Waals surface area contributed by atoms with Gasteiger partial charge in [-0.15, -0.1) is 22.9 Å². The summed E-state index contributed by atoms with van der Waals surface area (Å²) in [5.74, 6) is 1.77. The molecule has 1 aromatic heterocycles. The molecule has 0 aromatic carbocycles. The van der Waals surface area contributed by atoms with Gasteiger partial charge >= 0.3 is 0 Å². The van der Waals surface area contributed by atoms with Crippen LogP contribution in [0.4, 0.5) is 0 Å². The Balaban J connectivity index is 1.51. The molecule has 1 heterocycles. The zero-order valence-electron chi connectivity index (χ0n) is 11.1. The highest BCUT2D eigenvalue weighted by Crippen LogP contribution is 2.63. The van der Waals surface area contributed by atoms with Gasteiger partial charge in [0, 0.05) is 22.5 Å². The van der Waals surface area contributed by atoms with Crippen LogP contribution in [0.15, 0.2) is 22.5 Å². The Kier molecular flexibility index (Phi) is 2.82. The van der Waals surface area contributed by atoms with Gasteiger partial charge in [0.25, 0.3) is 0 Å². The second-order valence-electron chi connectivity index (χ2n) is 7.10. The molecule has 4 fully saturated rings. The highest BCUT2D eigenvalue weighted by Gasteiger charge is 2.56. The van der Waals surface area contributed by atoms with Gasteiger partial charge in [-0.3, -0.25) is 4.99 Å². The predicted molar refractivity (Wildman–Crippen MR) is 82.5 cm³/mol. The molecule has 19 heavy (non-hydrogen) atoms. The SMILES string of the molecule is ClC12C[C@H]3C[C@H](C1)CC(CN=Cc1cccs1)(C3)C2. The van der Waals surface area contributed by atoms with Crippen molar-refractivity contribution >= 4 is 29.2 Å². The second kappa shape index (κ2) is 4.33. The molecule has 2 atom stereocenters. The first kappa shape index (κ1) is 12.4. The van der Waals surface area contributed by atoms with E-state index in [-0.39, 0.29) is 4.87 Å². The number of aliphatic imine (C=N–C) groups is 1. The van der Waals surface area contributed by atoms with Crippen LogP contribution in [0.25, 0.3) is 0 Å². The molecule has 3 heteroatoms. The monoisotopic (exact) mass is 293 g/mol. The lowest BCUT2D eigenvalue weighted by Gasteiger charge is -2.59. The fourth-order valence-corrected chi connectivity index (χ4v) is 6.54. The Morgan fingerprint density at radius 1 is 1.32 bits per heavy atom. The summed E-state index contributed by atoms with van der Waals surface area (Å²) in [6.45, 7) is 0.992. The molecule has 0 unspecified atom stereocenters. The maximum absolute atomic E-state index is 6.85. The van der Waals surface area contributed by atoms with E-state index in [1.807, 2.05) is 0 Å². The van der Waals surface area contributed by atoms with Crippen molar-refractivity contribution in [3.63, 3.8) is 0 Å². The van der Waals surface area contributed by atoms with Crippen molar-refractivity contribution in [3.8, 4) is 0 Å². The highest BCUT2D eigenvalue weighted by molar-refractivity contribution is 7.11. The summed E-state index contributed by atoms with van der Waals surface area (Å²) < 4.78 is 0. The molecule has 0 amide bonds. The molecule has 4 saturated carbocycles. The van der Waals surface area contributed by atoms with E-state index in [0.29, 0.717) is 5.41 Å². The number of hydrogen-bond acceptors (Lipinski definition) is 2. The minimum Gasteiger partial charge on any atom is -0.291 e. The fourth-order valence-electron chi connectivity index (χ4n) is 5.21. The predicted octanol–water partition coefficient (Wildman–Crippen LogP) is 4.74. The minimum atomic E-state index is 0.128. The summed E-state index contributed by atoms with van der Waals surface area (Å²) in [7, 11) is 0. The van der Waals surface area contributed by atoms with Gasteiger partial charge in [0.05, 0.1) is 0 Å². The van der Waals surface area contributed by atoms with Crippen LogP contribution in [0.1, 0.15) is 43.4 Å². The summed E-state index contributed by atoms with van der Waals surface area (Å²) in [5, 5.41) is 2.11. The van der Waals surface area contributed by atoms with Gasteiger partial charge < -0.3 is 0 Å². The molecule has 0 aliphatic heterocycles. The van der Waals surface area contributed by atoms with Gasteiger partial charge in [-0.25, -0.2) is 0 Å². The maximum atomic E-state index is 6.85. The number of hydrogen-bond donors (Lipinski definition) is 0. The zero-order valence-corrected chi connectivity index (χ0v) is 12.7. The van der Waals surface area contributed by atoms with E-state index in [4.69, 9.17) is 16.6 Å². The van der Waals surface area contributed by atoms with E-state index in [0.717, 1.165) is 18.4 Å². The lowest BCUT2D eigenvalue weighted by Crippen LogP contribution is -2.54. The molecular formula is C16H20ClNS. The van der Waals surface area contributed by atoms with E-state index in [9.17, 15) is 0 Å². The van der Waals surface area contributed by atoms with Gasteiger partial charge in [0.15, 0.2) is 0 Å². The summed E-state index contributed by atoms with van der Waals surface area (Å²) in [6.07, 6.45) is 9.98. The first-order valence-electron chi connectivity index (χ1n) is 7.37. The maximum Gasteiger partial charge on any atom is 0.0458 e. The highest BCUT2D eigenvalue weighted by atomic mass is 35.5. The third-order valence-electron chi connectivity index (χ3n) is 5.30. The zero-order chi connectivity index (χ0) is 12.9. The number of halogens is 1. The molecule has 4 bridgehead atoms. The first-order chi connectivity index (χ1) is 9.15. The Morgan fingerprint density at radius 2 is 2.11 bits per heavy atom. The van der Waals surface area contributed by atoms with Crippen molar-refractivity contribution in [1.29, 1.82) is 0 Å². The van der Waals surface area contributed by atoms with Crippen molar-refractivity contribution < 1.29 is 0 Å². The van der Waals surface area contributed by atoms with Gasteiger partial charge in [0.1, 0.15) is 0 Å². The Hall–Kier alpha value is -0.340. The Bertz CT molecular complexity index is 479. The normalized spacial score (nSPS) is 44.3. The van der Waals surface area contributed by atoms with Gasteiger partial charge in [-0.1, -0.05) is 6.07 Å². The smallest absolute Gasteiger partial charge is 0.0458 e. The molecule has 5 rings (SSSR count). The standard InChI is InChI=1S/C16H20ClNS/c17-16-7-12-4-13(8-16)6-15(5-12,10-16)11-18-9-14-2-1-3-19-14/h1-3,9,12-13H,4-8,10-11H2/t12-,13-,15?,16?/m0/s1. The van der Waals surface area contributed by atoms with Crippen molar-refractivity contribution in [2.24, 2.45) is 22.2 Å². The summed E-state index contributed by atoms with van der Waals surface area (Å²) in [5.41, 5.74) is 0.430. The van der Waals surface area contributed by atoms with Crippen LogP contribution in [-0.4, -0.2) is 17.6 Å². The third kappa shape index (κ3) is 2.27. The third-order valence-corrected chi connectivity index (χ3v) is 6.55. The number of alkyl halides is 1. The van der Waals surface area contributed by atoms with Gasteiger partial charge in [-0.2, -0.15) is 0 Å². The van der Waals surface area contributed by atoms with Crippen molar-refractivity contribution in [1.82, 2.24) is 0 Å². The molecular weight excluding hydrogens is 274 g/mol. The molecule has 0 radical (unpaired) electrons. The molecule has 0 N–H and O–H groups in total. The molecule has 0 spiro atoms. The average molecular weight is 294 g/mol. The van der Waals surface area contributed by atoms with E-state index < -0.39 is 0 Å². The second-order valence-corrected chi connectivity index (χ2v) is 8.88. The molecule has 4 aliphatic carbocycles. The molecule has 1 aromatic rings. The number of thiophene rings is 1. The van der Waals surface area contributed by atoms with Crippen molar-refractivity contribution in [2.75, 3.05) is 6.54 Å². The Labute approximate surface area is 124 Å². The van der Waals surface area contributed by atoms with Gasteiger partial charge in [0.2, 0.25) is 0 Å². The first-order valence-corrected chi connectivity index (χ1v) is 8.63. The van der Waals surface area contributed by atoms with E-state index in [1.165, 1.54) is 43.4 Å². The average Bonchev–Trinajstić information content (AvgIpc) is 2.78. The van der Waals surface area contributed by atoms with E-state index in [2.05, 4.69) is 23.7 Å². The quantitative estimate of drug-likeness (QED) is 0.563. The molecule has 4 aliphatic rings. The largest absolute Gasteiger partial charge is 0.291 e. The van der Waals surface area contributed by atoms with Gasteiger partial charge in [-0.05, 0) is 67.2 Å². The van der Waals surface area contributed by atoms with E-state index >= 15 is 0 Å². The summed E-state index contributed by atoms with van der Waals surface area (Å²) >= 11 is 8.61. The van der Waals surface area contributed by atoms with Crippen LogP contribution in [0.2, 0.25) is 0 Å². The van der Waals surface area contributed by atoms with Crippen LogP contribution >= 0.6 is 22.9 Å². The van der Waals surface area contributed by atoms with Crippen molar-refractivity contribution in [2.45, 2.75) is 43.4 Å². The van der Waals surface area contributed by atoms with Crippen LogP contribution in [0, 0.1) is 17.3 Å². The van der Waals surface area contributed by atoms with Crippen molar-refractivity contribution in [3.05, 3.63) is 22.4 Å². The van der Waals surface area contributed by atoms with Crippen LogP contribution in [0.5, 0.6) is 0 Å². The fraction of sp³-hybridized carbons (Fsp3) is 0.688. The van der Waals surface area contributed by atoms with Crippen LogP contribution in [-0.2, 0) is 0 Å². The molecule has 102 valence electrons. The van der Waals surface area contributed by atoms with E-state index in [1.54, 1.807) is 11.3 Å². The lowest BCUT2D eigenvalue weighted by molar-refractivity contribution is -0.0336.